The van der Waals surface area contributed by atoms with Crippen LogP contribution in [0.2, 0.25) is 0 Å². The van der Waals surface area contributed by atoms with Crippen molar-refractivity contribution in [3.63, 3.8) is 0 Å². The summed E-state index contributed by atoms with van der Waals surface area (Å²) in [5.74, 6) is -0.286. The molecule has 1 saturated heterocycles. The van der Waals surface area contributed by atoms with Crippen LogP contribution in [0, 0.1) is 6.92 Å². The van der Waals surface area contributed by atoms with E-state index in [0.29, 0.717) is 42.4 Å². The van der Waals surface area contributed by atoms with Crippen molar-refractivity contribution >= 4 is 48.2 Å². The molecule has 1 aliphatic rings. The van der Waals surface area contributed by atoms with Crippen molar-refractivity contribution in [2.24, 2.45) is 0 Å². The van der Waals surface area contributed by atoms with Crippen LogP contribution in [0.25, 0.3) is 4.96 Å². The summed E-state index contributed by atoms with van der Waals surface area (Å²) in [5, 5.41) is 13.7. The third-order valence-electron chi connectivity index (χ3n) is 4.90. The van der Waals surface area contributed by atoms with Gasteiger partial charge in [0.2, 0.25) is 15.0 Å². The Labute approximate surface area is 174 Å². The van der Waals surface area contributed by atoms with Crippen LogP contribution in [0.3, 0.4) is 0 Å². The minimum absolute atomic E-state index is 0.0520. The lowest BCUT2D eigenvalue weighted by Gasteiger charge is -2.30. The molecule has 8 nitrogen and oxygen atoms in total. The first-order chi connectivity index (χ1) is 13.3. The number of aromatic carboxylic acids is 1. The molecule has 1 fully saturated rings. The molecule has 0 atom stereocenters. The Bertz CT molecular complexity index is 1150. The molecule has 3 heterocycles. The molecule has 3 aromatic rings. The Kier molecular flexibility index (Phi) is 5.02. The number of carboxylic acid groups (broad SMARTS) is 1. The monoisotopic (exact) mass is 484 g/mol. The molecule has 1 aliphatic heterocycles. The Morgan fingerprint density at radius 1 is 1.25 bits per heavy atom. The standard InChI is InChI=1S/C17H17BrN4O4S2/c1-10-14(16(23)24)27-17-19-15(20-22(10)17)11-6-8-21(9-7-11)28(25,26)13-4-2-12(18)3-5-13/h2-5,11H,6-9H2,1H3,(H,23,24). The molecule has 0 bridgehead atoms. The normalized spacial score (nSPS) is 16.6. The van der Waals surface area contributed by atoms with Gasteiger partial charge in [-0.1, -0.05) is 27.3 Å². The fraction of sp³-hybridized carbons (Fsp3) is 0.353. The van der Waals surface area contributed by atoms with Gasteiger partial charge in [0.15, 0.2) is 5.82 Å². The highest BCUT2D eigenvalue weighted by Gasteiger charge is 2.32. The molecular formula is C17H17BrN4O4S2. The van der Waals surface area contributed by atoms with Crippen molar-refractivity contribution in [2.45, 2.75) is 30.6 Å². The topological polar surface area (TPSA) is 105 Å². The molecular weight excluding hydrogens is 468 g/mol. The number of aryl methyl sites for hydroxylation is 1. The molecule has 0 spiro atoms. The summed E-state index contributed by atoms with van der Waals surface area (Å²) >= 11 is 4.41. The van der Waals surface area contributed by atoms with Gasteiger partial charge in [0.25, 0.3) is 0 Å². The van der Waals surface area contributed by atoms with E-state index in [1.54, 1.807) is 35.7 Å². The molecule has 11 heteroatoms. The average Bonchev–Trinajstić information content (AvgIpc) is 3.22. The number of nitrogens with zero attached hydrogens (tertiary/aromatic N) is 4. The van der Waals surface area contributed by atoms with E-state index in [2.05, 4.69) is 26.0 Å². The van der Waals surface area contributed by atoms with Gasteiger partial charge in [-0.25, -0.2) is 22.7 Å². The second-order valence-corrected chi connectivity index (χ2v) is 10.4. The number of hydrogen-bond acceptors (Lipinski definition) is 6. The molecule has 1 aromatic carbocycles. The van der Waals surface area contributed by atoms with Gasteiger partial charge in [0, 0.05) is 23.5 Å². The Morgan fingerprint density at radius 3 is 2.46 bits per heavy atom. The smallest absolute Gasteiger partial charge is 0.347 e. The predicted octanol–water partition coefficient (Wildman–Crippen LogP) is 3.13. The fourth-order valence-electron chi connectivity index (χ4n) is 3.34. The number of carbonyl (C=O) groups is 1. The van der Waals surface area contributed by atoms with Crippen LogP contribution in [0.1, 0.15) is 39.9 Å². The highest BCUT2D eigenvalue weighted by molar-refractivity contribution is 9.10. The number of aromatic nitrogens is 3. The maximum atomic E-state index is 12.8. The largest absolute Gasteiger partial charge is 0.477 e. The van der Waals surface area contributed by atoms with Gasteiger partial charge in [-0.05, 0) is 44.0 Å². The van der Waals surface area contributed by atoms with Gasteiger partial charge in [0.1, 0.15) is 4.88 Å². The first-order valence-corrected chi connectivity index (χ1v) is 11.7. The fourth-order valence-corrected chi connectivity index (χ4v) is 5.98. The summed E-state index contributed by atoms with van der Waals surface area (Å²) in [6, 6.07) is 6.63. The maximum absolute atomic E-state index is 12.8. The van der Waals surface area contributed by atoms with E-state index in [0.717, 1.165) is 15.8 Å². The third kappa shape index (κ3) is 3.36. The number of fused-ring (bicyclic) bond motifs is 1. The predicted molar refractivity (Wildman–Crippen MR) is 107 cm³/mol. The lowest BCUT2D eigenvalue weighted by Crippen LogP contribution is -2.38. The summed E-state index contributed by atoms with van der Waals surface area (Å²) in [6.45, 7) is 2.50. The van der Waals surface area contributed by atoms with Gasteiger partial charge >= 0.3 is 5.97 Å². The highest BCUT2D eigenvalue weighted by atomic mass is 79.9. The minimum Gasteiger partial charge on any atom is -0.477 e. The number of carboxylic acids is 1. The molecule has 0 unspecified atom stereocenters. The van der Waals surface area contributed by atoms with E-state index in [-0.39, 0.29) is 15.7 Å². The van der Waals surface area contributed by atoms with E-state index >= 15 is 0 Å². The lowest BCUT2D eigenvalue weighted by atomic mass is 9.98. The quantitative estimate of drug-likeness (QED) is 0.609. The zero-order valence-corrected chi connectivity index (χ0v) is 18.1. The molecule has 0 amide bonds. The molecule has 0 radical (unpaired) electrons. The van der Waals surface area contributed by atoms with Crippen molar-refractivity contribution in [2.75, 3.05) is 13.1 Å². The van der Waals surface area contributed by atoms with E-state index < -0.39 is 16.0 Å². The van der Waals surface area contributed by atoms with Crippen LogP contribution < -0.4 is 0 Å². The summed E-state index contributed by atoms with van der Waals surface area (Å²) in [5.41, 5.74) is 0.557. The van der Waals surface area contributed by atoms with Crippen LogP contribution >= 0.6 is 27.3 Å². The molecule has 2 aromatic heterocycles. The molecule has 0 aliphatic carbocycles. The van der Waals surface area contributed by atoms with Crippen LogP contribution in [0.4, 0.5) is 0 Å². The number of thiazole rings is 1. The van der Waals surface area contributed by atoms with Crippen LogP contribution in [-0.2, 0) is 10.0 Å². The number of hydrogen-bond donors (Lipinski definition) is 1. The first-order valence-electron chi connectivity index (χ1n) is 8.62. The van der Waals surface area contributed by atoms with E-state index in [4.69, 9.17) is 0 Å². The number of piperidine rings is 1. The summed E-state index contributed by atoms with van der Waals surface area (Å²) in [6.07, 6.45) is 1.25. The third-order valence-corrected chi connectivity index (χ3v) is 8.46. The van der Waals surface area contributed by atoms with Gasteiger partial charge in [-0.15, -0.1) is 0 Å². The highest BCUT2D eigenvalue weighted by Crippen LogP contribution is 2.31. The van der Waals surface area contributed by atoms with Crippen LogP contribution in [0.5, 0.6) is 0 Å². The summed E-state index contributed by atoms with van der Waals surface area (Å²) in [4.78, 5) is 16.8. The van der Waals surface area contributed by atoms with Crippen LogP contribution in [-0.4, -0.2) is 51.5 Å². The SMILES string of the molecule is Cc1c(C(=O)O)sc2nc(C3CCN(S(=O)(=O)c4ccc(Br)cc4)CC3)nn12. The minimum atomic E-state index is -3.52. The number of benzene rings is 1. The first kappa shape index (κ1) is 19.5. The van der Waals surface area contributed by atoms with Crippen molar-refractivity contribution in [1.82, 2.24) is 18.9 Å². The van der Waals surface area contributed by atoms with Gasteiger partial charge in [-0.2, -0.15) is 9.40 Å². The Balaban J connectivity index is 1.50. The number of rotatable bonds is 4. The second-order valence-electron chi connectivity index (χ2n) is 6.62. The zero-order valence-electron chi connectivity index (χ0n) is 14.9. The zero-order chi connectivity index (χ0) is 20.1. The van der Waals surface area contributed by atoms with Crippen molar-refractivity contribution in [3.05, 3.63) is 45.1 Å². The van der Waals surface area contributed by atoms with E-state index in [1.165, 1.54) is 4.31 Å². The average molecular weight is 485 g/mol. The van der Waals surface area contributed by atoms with Gasteiger partial charge in [-0.3, -0.25) is 0 Å². The molecule has 4 rings (SSSR count). The van der Waals surface area contributed by atoms with Crippen molar-refractivity contribution in [3.8, 4) is 0 Å². The molecule has 148 valence electrons. The Hall–Kier alpha value is -1.82. The molecule has 28 heavy (non-hydrogen) atoms. The number of halogens is 1. The van der Waals surface area contributed by atoms with Gasteiger partial charge in [0.05, 0.1) is 10.6 Å². The Morgan fingerprint density at radius 2 is 1.89 bits per heavy atom. The van der Waals surface area contributed by atoms with Crippen molar-refractivity contribution in [1.29, 1.82) is 0 Å². The summed E-state index contributed by atoms with van der Waals surface area (Å²) < 4.78 is 29.5. The second kappa shape index (κ2) is 7.21. The molecule has 1 N–H and O–H groups in total. The van der Waals surface area contributed by atoms with Crippen LogP contribution in [0.15, 0.2) is 33.6 Å². The molecule has 0 saturated carbocycles. The maximum Gasteiger partial charge on any atom is 0.347 e. The summed E-state index contributed by atoms with van der Waals surface area (Å²) in [7, 11) is -3.52. The van der Waals surface area contributed by atoms with E-state index in [9.17, 15) is 18.3 Å². The number of sulfonamides is 1. The van der Waals surface area contributed by atoms with Gasteiger partial charge < -0.3 is 5.11 Å². The van der Waals surface area contributed by atoms with Crippen molar-refractivity contribution < 1.29 is 18.3 Å². The lowest BCUT2D eigenvalue weighted by molar-refractivity contribution is 0.0701. The van der Waals surface area contributed by atoms with E-state index in [1.807, 2.05) is 0 Å².